The van der Waals surface area contributed by atoms with Gasteiger partial charge in [-0.15, -0.1) is 0 Å². The fourth-order valence-corrected chi connectivity index (χ4v) is 3.71. The Morgan fingerprint density at radius 2 is 1.63 bits per heavy atom. The molecule has 0 spiro atoms. The normalized spacial score (nSPS) is 13.8. The number of rotatable bonds is 10. The number of carbonyl (C=O) groups excluding carboxylic acids is 1. The van der Waals surface area contributed by atoms with Gasteiger partial charge in [0.15, 0.2) is 0 Å². The van der Waals surface area contributed by atoms with E-state index in [2.05, 4.69) is 24.3 Å². The Hall–Kier alpha value is -2.41. The minimum atomic E-state index is -0.783. The average Bonchev–Trinajstić information content (AvgIpc) is 3.05. The minimum absolute atomic E-state index is 0.0176. The van der Waals surface area contributed by atoms with E-state index in [1.807, 2.05) is 38.1 Å². The van der Waals surface area contributed by atoms with Crippen LogP contribution in [0.2, 0.25) is 0 Å². The maximum absolute atomic E-state index is 12.4. The summed E-state index contributed by atoms with van der Waals surface area (Å²) in [5, 5.41) is 10.1. The number of carbonyl (C=O) groups is 1. The maximum Gasteiger partial charge on any atom is 0.409 e. The fraction of sp³-hybridized carbons (Fsp3) is 0.458. The Bertz CT molecular complexity index is 792. The molecule has 2 aromatic carbocycles. The minimum Gasteiger partial charge on any atom is -0.448 e. The first-order chi connectivity index (χ1) is 14.5. The third-order valence-corrected chi connectivity index (χ3v) is 5.12. The predicted molar refractivity (Wildman–Crippen MR) is 116 cm³/mol. The van der Waals surface area contributed by atoms with Crippen LogP contribution in [0.5, 0.6) is 0 Å². The van der Waals surface area contributed by atoms with Crippen molar-refractivity contribution in [3.05, 3.63) is 59.7 Å². The van der Waals surface area contributed by atoms with E-state index < -0.39 is 12.2 Å². The lowest BCUT2D eigenvalue weighted by Crippen LogP contribution is -2.37. The average molecular weight is 414 g/mol. The van der Waals surface area contributed by atoms with Crippen LogP contribution in [0.25, 0.3) is 11.1 Å². The van der Waals surface area contributed by atoms with Crippen molar-refractivity contribution in [1.82, 2.24) is 4.90 Å². The van der Waals surface area contributed by atoms with Gasteiger partial charge < -0.3 is 24.2 Å². The summed E-state index contributed by atoms with van der Waals surface area (Å²) in [6.45, 7) is 5.34. The number of aliphatic hydroxyl groups excluding tert-OH is 1. The van der Waals surface area contributed by atoms with E-state index in [9.17, 15) is 9.90 Å². The summed E-state index contributed by atoms with van der Waals surface area (Å²) in [4.78, 5) is 13.8. The van der Waals surface area contributed by atoms with Gasteiger partial charge in [0.2, 0.25) is 0 Å². The van der Waals surface area contributed by atoms with Crippen LogP contribution in [0.15, 0.2) is 48.5 Å². The number of hydrogen-bond donors (Lipinski definition) is 1. The second-order valence-electron chi connectivity index (χ2n) is 7.83. The van der Waals surface area contributed by atoms with Crippen molar-refractivity contribution < 1.29 is 24.1 Å². The molecule has 6 heteroatoms. The highest BCUT2D eigenvalue weighted by atomic mass is 16.6. The summed E-state index contributed by atoms with van der Waals surface area (Å²) in [5.74, 6) is 0.0176. The molecule has 0 bridgehead atoms. The monoisotopic (exact) mass is 413 g/mol. The summed E-state index contributed by atoms with van der Waals surface area (Å²) in [6, 6.07) is 16.4. The van der Waals surface area contributed by atoms with Crippen LogP contribution in [0.3, 0.4) is 0 Å². The SMILES string of the molecule is CC(C)OCCOCC(O)CN(C)C(=O)OCC1c2ccccc2-c2ccccc21. The van der Waals surface area contributed by atoms with E-state index >= 15 is 0 Å². The molecule has 2 aromatic rings. The van der Waals surface area contributed by atoms with Gasteiger partial charge in [-0.3, -0.25) is 0 Å². The number of hydrogen-bond acceptors (Lipinski definition) is 5. The molecule has 0 radical (unpaired) electrons. The summed E-state index contributed by atoms with van der Waals surface area (Å²) >= 11 is 0. The Morgan fingerprint density at radius 1 is 1.03 bits per heavy atom. The second kappa shape index (κ2) is 10.6. The van der Waals surface area contributed by atoms with Crippen LogP contribution in [0.4, 0.5) is 4.79 Å². The van der Waals surface area contributed by atoms with E-state index in [0.717, 1.165) is 0 Å². The van der Waals surface area contributed by atoms with Crippen LogP contribution in [0, 0.1) is 0 Å². The van der Waals surface area contributed by atoms with Crippen molar-refractivity contribution in [2.75, 3.05) is 40.0 Å². The van der Waals surface area contributed by atoms with E-state index in [-0.39, 0.29) is 31.8 Å². The van der Waals surface area contributed by atoms with Crippen LogP contribution in [0.1, 0.15) is 30.9 Å². The van der Waals surface area contributed by atoms with E-state index in [1.54, 1.807) is 7.05 Å². The van der Waals surface area contributed by atoms with Crippen molar-refractivity contribution in [3.8, 4) is 11.1 Å². The number of fused-ring (bicyclic) bond motifs is 3. The smallest absolute Gasteiger partial charge is 0.409 e. The molecule has 0 fully saturated rings. The standard InChI is InChI=1S/C24H31NO5/c1-17(2)29-13-12-28-15-18(26)14-25(3)24(27)30-16-23-21-10-6-4-8-19(21)20-9-5-7-11-22(20)23/h4-11,17-18,23,26H,12-16H2,1-3H3. The van der Waals surface area contributed by atoms with Gasteiger partial charge in [0.05, 0.1) is 38.6 Å². The molecule has 162 valence electrons. The van der Waals surface area contributed by atoms with Crippen molar-refractivity contribution >= 4 is 6.09 Å². The summed E-state index contributed by atoms with van der Waals surface area (Å²) < 4.78 is 16.4. The van der Waals surface area contributed by atoms with Gasteiger partial charge in [-0.2, -0.15) is 0 Å². The molecular formula is C24H31NO5. The van der Waals surface area contributed by atoms with Gasteiger partial charge in [-0.05, 0) is 36.1 Å². The van der Waals surface area contributed by atoms with E-state index in [0.29, 0.717) is 13.2 Å². The molecule has 0 aromatic heterocycles. The molecule has 0 heterocycles. The summed E-state index contributed by atoms with van der Waals surface area (Å²) in [5.41, 5.74) is 4.73. The maximum atomic E-state index is 12.4. The van der Waals surface area contributed by atoms with Crippen LogP contribution in [-0.4, -0.2) is 68.3 Å². The van der Waals surface area contributed by atoms with Gasteiger partial charge in [0.1, 0.15) is 6.61 Å². The molecule has 3 rings (SSSR count). The van der Waals surface area contributed by atoms with Crippen molar-refractivity contribution in [1.29, 1.82) is 0 Å². The number of benzene rings is 2. The first kappa shape index (κ1) is 22.3. The molecule has 0 saturated carbocycles. The lowest BCUT2D eigenvalue weighted by molar-refractivity contribution is -0.0170. The third-order valence-electron chi connectivity index (χ3n) is 5.12. The molecule has 6 nitrogen and oxygen atoms in total. The van der Waals surface area contributed by atoms with Crippen molar-refractivity contribution in [2.24, 2.45) is 0 Å². The van der Waals surface area contributed by atoms with E-state index in [4.69, 9.17) is 14.2 Å². The molecular weight excluding hydrogens is 382 g/mol. The fourth-order valence-electron chi connectivity index (χ4n) is 3.71. The molecule has 1 aliphatic rings. The molecule has 1 amide bonds. The highest BCUT2D eigenvalue weighted by molar-refractivity contribution is 5.79. The van der Waals surface area contributed by atoms with Crippen LogP contribution >= 0.6 is 0 Å². The van der Waals surface area contributed by atoms with Crippen molar-refractivity contribution in [2.45, 2.75) is 32.0 Å². The molecule has 1 aliphatic carbocycles. The molecule has 0 aliphatic heterocycles. The Labute approximate surface area is 178 Å². The van der Waals surface area contributed by atoms with Crippen LogP contribution in [-0.2, 0) is 14.2 Å². The Morgan fingerprint density at radius 3 is 2.23 bits per heavy atom. The molecule has 1 N–H and O–H groups in total. The molecule has 1 atom stereocenters. The van der Waals surface area contributed by atoms with Gasteiger partial charge in [-0.25, -0.2) is 4.79 Å². The Balaban J connectivity index is 1.47. The van der Waals surface area contributed by atoms with Gasteiger partial charge in [-0.1, -0.05) is 48.5 Å². The van der Waals surface area contributed by atoms with Gasteiger partial charge in [0, 0.05) is 13.0 Å². The zero-order valence-corrected chi connectivity index (χ0v) is 17.9. The third kappa shape index (κ3) is 5.59. The zero-order valence-electron chi connectivity index (χ0n) is 17.9. The van der Waals surface area contributed by atoms with Crippen LogP contribution < -0.4 is 0 Å². The largest absolute Gasteiger partial charge is 0.448 e. The summed E-state index contributed by atoms with van der Waals surface area (Å²) in [7, 11) is 1.62. The number of likely N-dealkylation sites (N-methyl/N-ethyl adjacent to an activating group) is 1. The number of ether oxygens (including phenoxy) is 3. The molecule has 0 saturated heterocycles. The first-order valence-electron chi connectivity index (χ1n) is 10.4. The number of amides is 1. The van der Waals surface area contributed by atoms with Crippen molar-refractivity contribution in [3.63, 3.8) is 0 Å². The zero-order chi connectivity index (χ0) is 21.5. The highest BCUT2D eigenvalue weighted by Gasteiger charge is 2.29. The second-order valence-corrected chi connectivity index (χ2v) is 7.83. The molecule has 30 heavy (non-hydrogen) atoms. The lowest BCUT2D eigenvalue weighted by Gasteiger charge is -2.22. The lowest BCUT2D eigenvalue weighted by atomic mass is 9.98. The van der Waals surface area contributed by atoms with E-state index in [1.165, 1.54) is 27.2 Å². The number of nitrogens with zero attached hydrogens (tertiary/aromatic N) is 1. The quantitative estimate of drug-likeness (QED) is 0.602. The first-order valence-corrected chi connectivity index (χ1v) is 10.4. The summed E-state index contributed by atoms with van der Waals surface area (Å²) in [6.07, 6.45) is -1.09. The molecule has 1 unspecified atom stereocenters. The van der Waals surface area contributed by atoms with Gasteiger partial charge >= 0.3 is 6.09 Å². The topological polar surface area (TPSA) is 68.2 Å². The van der Waals surface area contributed by atoms with Gasteiger partial charge in [0.25, 0.3) is 0 Å². The predicted octanol–water partition coefficient (Wildman–Crippen LogP) is 3.67. The Kier molecular flexibility index (Phi) is 7.85. The number of aliphatic hydroxyl groups is 1. The highest BCUT2D eigenvalue weighted by Crippen LogP contribution is 2.44.